The molecule has 102 valence electrons. The lowest BCUT2D eigenvalue weighted by atomic mass is 10.1. The fourth-order valence-electron chi connectivity index (χ4n) is 2.35. The fourth-order valence-corrected chi connectivity index (χ4v) is 2.35. The summed E-state index contributed by atoms with van der Waals surface area (Å²) in [6.07, 6.45) is 2.07. The zero-order valence-electron chi connectivity index (χ0n) is 11.4. The Morgan fingerprint density at radius 1 is 1.17 bits per heavy atom. The largest absolute Gasteiger partial charge is 0.355 e. The van der Waals surface area contributed by atoms with Gasteiger partial charge >= 0.3 is 0 Å². The van der Waals surface area contributed by atoms with E-state index in [0.29, 0.717) is 19.0 Å². The summed E-state index contributed by atoms with van der Waals surface area (Å²) in [6.45, 7) is 8.23. The Morgan fingerprint density at radius 2 is 1.78 bits per heavy atom. The highest BCUT2D eigenvalue weighted by Crippen LogP contribution is 2.46. The molecule has 1 saturated carbocycles. The number of carbonyl (C=O) groups excluding carboxylic acids is 2. The minimum Gasteiger partial charge on any atom is -0.355 e. The van der Waals surface area contributed by atoms with Gasteiger partial charge in [0.2, 0.25) is 11.8 Å². The zero-order chi connectivity index (χ0) is 13.2. The molecule has 18 heavy (non-hydrogen) atoms. The van der Waals surface area contributed by atoms with E-state index in [2.05, 4.69) is 17.1 Å². The van der Waals surface area contributed by atoms with Crippen molar-refractivity contribution in [2.45, 2.75) is 26.7 Å². The van der Waals surface area contributed by atoms with Gasteiger partial charge in [-0.3, -0.25) is 14.5 Å². The van der Waals surface area contributed by atoms with Crippen molar-refractivity contribution in [1.82, 2.24) is 15.1 Å². The maximum atomic E-state index is 12.1. The highest BCUT2D eigenvalue weighted by atomic mass is 16.2. The number of hydrogen-bond acceptors (Lipinski definition) is 3. The van der Waals surface area contributed by atoms with E-state index in [1.54, 1.807) is 0 Å². The first-order valence-corrected chi connectivity index (χ1v) is 6.83. The van der Waals surface area contributed by atoms with Crippen molar-refractivity contribution in [2.75, 3.05) is 39.3 Å². The van der Waals surface area contributed by atoms with Crippen molar-refractivity contribution in [3.8, 4) is 0 Å². The summed E-state index contributed by atoms with van der Waals surface area (Å²) in [5.41, 5.74) is -0.0677. The zero-order valence-corrected chi connectivity index (χ0v) is 11.4. The molecule has 0 radical (unpaired) electrons. The van der Waals surface area contributed by atoms with Crippen molar-refractivity contribution in [1.29, 1.82) is 0 Å². The summed E-state index contributed by atoms with van der Waals surface area (Å²) in [6, 6.07) is 0. The van der Waals surface area contributed by atoms with E-state index < -0.39 is 0 Å². The first-order chi connectivity index (χ1) is 8.55. The van der Waals surface area contributed by atoms with Gasteiger partial charge in [-0.15, -0.1) is 0 Å². The maximum absolute atomic E-state index is 12.1. The van der Waals surface area contributed by atoms with Crippen LogP contribution < -0.4 is 5.32 Å². The van der Waals surface area contributed by atoms with Crippen molar-refractivity contribution >= 4 is 11.8 Å². The Morgan fingerprint density at radius 3 is 2.28 bits per heavy atom. The summed E-state index contributed by atoms with van der Waals surface area (Å²) < 4.78 is 0. The van der Waals surface area contributed by atoms with Gasteiger partial charge in [0.15, 0.2) is 0 Å². The minimum absolute atomic E-state index is 0.0677. The van der Waals surface area contributed by atoms with Crippen LogP contribution in [0.5, 0.6) is 0 Å². The lowest BCUT2D eigenvalue weighted by molar-refractivity contribution is -0.138. The molecule has 0 unspecified atom stereocenters. The number of rotatable bonds is 4. The third-order valence-corrected chi connectivity index (χ3v) is 3.92. The molecule has 0 aromatic carbocycles. The van der Waals surface area contributed by atoms with E-state index in [4.69, 9.17) is 0 Å². The molecule has 5 heteroatoms. The van der Waals surface area contributed by atoms with Crippen molar-refractivity contribution < 1.29 is 9.59 Å². The second-order valence-electron chi connectivity index (χ2n) is 5.58. The normalized spacial score (nSPS) is 22.7. The van der Waals surface area contributed by atoms with E-state index in [1.807, 2.05) is 11.8 Å². The molecule has 0 spiro atoms. The molecule has 0 bridgehead atoms. The fraction of sp³-hybridized carbons (Fsp3) is 0.846. The molecule has 2 amide bonds. The van der Waals surface area contributed by atoms with Gasteiger partial charge in [0.05, 0.1) is 6.54 Å². The molecule has 2 rings (SSSR count). The summed E-state index contributed by atoms with van der Waals surface area (Å²) in [7, 11) is 0. The lowest BCUT2D eigenvalue weighted by Gasteiger charge is -2.35. The van der Waals surface area contributed by atoms with E-state index >= 15 is 0 Å². The van der Waals surface area contributed by atoms with Gasteiger partial charge < -0.3 is 10.2 Å². The number of nitrogens with zero attached hydrogens (tertiary/aromatic N) is 2. The molecule has 2 fully saturated rings. The van der Waals surface area contributed by atoms with Crippen LogP contribution in [0.15, 0.2) is 0 Å². The smallest absolute Gasteiger partial charge is 0.234 e. The highest BCUT2D eigenvalue weighted by molar-refractivity contribution is 5.85. The number of amides is 2. The topological polar surface area (TPSA) is 52.7 Å². The second kappa shape index (κ2) is 5.26. The summed E-state index contributed by atoms with van der Waals surface area (Å²) >= 11 is 0. The maximum Gasteiger partial charge on any atom is 0.234 e. The molecular formula is C13H23N3O2. The van der Waals surface area contributed by atoms with Gasteiger partial charge in [0.1, 0.15) is 0 Å². The standard InChI is InChI=1S/C13H23N3O2/c1-3-14-11(17)10-15-6-8-16(9-7-15)12(18)13(2)4-5-13/h3-10H2,1-2H3,(H,14,17). The number of piperazine rings is 1. The first-order valence-electron chi connectivity index (χ1n) is 6.83. The monoisotopic (exact) mass is 253 g/mol. The Bertz CT molecular complexity index is 331. The van der Waals surface area contributed by atoms with Gasteiger partial charge in [0.25, 0.3) is 0 Å². The quantitative estimate of drug-likeness (QED) is 0.771. The third kappa shape index (κ3) is 3.02. The van der Waals surface area contributed by atoms with E-state index in [9.17, 15) is 9.59 Å². The molecule has 0 aromatic heterocycles. The van der Waals surface area contributed by atoms with Gasteiger partial charge in [-0.2, -0.15) is 0 Å². The van der Waals surface area contributed by atoms with Crippen LogP contribution in [0.3, 0.4) is 0 Å². The number of carbonyl (C=O) groups is 2. The predicted octanol–water partition coefficient (Wildman–Crippen LogP) is 0.0668. The minimum atomic E-state index is -0.0677. The van der Waals surface area contributed by atoms with Crippen molar-refractivity contribution in [2.24, 2.45) is 5.41 Å². The molecule has 0 atom stereocenters. The van der Waals surface area contributed by atoms with Crippen LogP contribution in [0, 0.1) is 5.41 Å². The van der Waals surface area contributed by atoms with Crippen LogP contribution in [-0.4, -0.2) is 60.9 Å². The van der Waals surface area contributed by atoms with Crippen molar-refractivity contribution in [3.63, 3.8) is 0 Å². The van der Waals surface area contributed by atoms with Gasteiger partial charge in [-0.1, -0.05) is 6.92 Å². The molecule has 5 nitrogen and oxygen atoms in total. The van der Waals surface area contributed by atoms with Crippen LogP contribution in [0.4, 0.5) is 0 Å². The van der Waals surface area contributed by atoms with Gasteiger partial charge in [0, 0.05) is 38.1 Å². The Labute approximate surface area is 108 Å². The van der Waals surface area contributed by atoms with Crippen molar-refractivity contribution in [3.05, 3.63) is 0 Å². The summed E-state index contributed by atoms with van der Waals surface area (Å²) in [5, 5.41) is 2.80. The van der Waals surface area contributed by atoms with E-state index in [-0.39, 0.29) is 11.3 Å². The van der Waals surface area contributed by atoms with Gasteiger partial charge in [-0.25, -0.2) is 0 Å². The second-order valence-corrected chi connectivity index (χ2v) is 5.58. The van der Waals surface area contributed by atoms with Crippen LogP contribution in [0.25, 0.3) is 0 Å². The molecule has 1 aliphatic heterocycles. The van der Waals surface area contributed by atoms with E-state index in [1.165, 1.54) is 0 Å². The molecule has 0 aromatic rings. The molecule has 1 N–H and O–H groups in total. The van der Waals surface area contributed by atoms with Crippen LogP contribution in [0.2, 0.25) is 0 Å². The van der Waals surface area contributed by atoms with Crippen LogP contribution >= 0.6 is 0 Å². The van der Waals surface area contributed by atoms with Crippen LogP contribution in [0.1, 0.15) is 26.7 Å². The highest BCUT2D eigenvalue weighted by Gasteiger charge is 2.47. The summed E-state index contributed by atoms with van der Waals surface area (Å²) in [5.74, 6) is 0.381. The lowest BCUT2D eigenvalue weighted by Crippen LogP contribution is -2.52. The molecule has 1 heterocycles. The third-order valence-electron chi connectivity index (χ3n) is 3.92. The van der Waals surface area contributed by atoms with Gasteiger partial charge in [-0.05, 0) is 19.8 Å². The Balaban J connectivity index is 1.74. The number of hydrogen-bond donors (Lipinski definition) is 1. The molecular weight excluding hydrogens is 230 g/mol. The average Bonchev–Trinajstić information content (AvgIpc) is 3.09. The molecule has 2 aliphatic rings. The van der Waals surface area contributed by atoms with E-state index in [0.717, 1.165) is 39.0 Å². The average molecular weight is 253 g/mol. The molecule has 1 aliphatic carbocycles. The summed E-state index contributed by atoms with van der Waals surface area (Å²) in [4.78, 5) is 27.7. The number of likely N-dealkylation sites (N-methyl/N-ethyl adjacent to an activating group) is 1. The molecule has 1 saturated heterocycles. The Kier molecular flexibility index (Phi) is 3.90. The predicted molar refractivity (Wildman–Crippen MR) is 69.0 cm³/mol. The van der Waals surface area contributed by atoms with Crippen LogP contribution in [-0.2, 0) is 9.59 Å². The Hall–Kier alpha value is -1.10. The first kappa shape index (κ1) is 13.3. The SMILES string of the molecule is CCNC(=O)CN1CCN(C(=O)C2(C)CC2)CC1. The number of nitrogens with one attached hydrogen (secondary N) is 1.